The normalized spacial score (nSPS) is 25.7. The summed E-state index contributed by atoms with van der Waals surface area (Å²) >= 11 is -2.83. The second-order valence-electron chi connectivity index (χ2n) is 21.6. The number of hydrogen-bond acceptors (Lipinski definition) is 0. The minimum Gasteiger partial charge on any atom is -1.00 e. The minimum absolute atomic E-state index is 0. The Morgan fingerprint density at radius 1 is 0.424 bits per heavy atom. The van der Waals surface area contributed by atoms with Gasteiger partial charge in [-0.25, -0.2) is 0 Å². The molecule has 10 rings (SSSR count). The van der Waals surface area contributed by atoms with Gasteiger partial charge >= 0.3 is 351 Å². The number of rotatable bonds is 6. The number of hydrogen-bond donors (Lipinski definition) is 0. The first-order valence-electron chi connectivity index (χ1n) is 23.5. The van der Waals surface area contributed by atoms with Crippen LogP contribution in [-0.4, -0.2) is 0 Å². The van der Waals surface area contributed by atoms with Crippen LogP contribution in [-0.2, 0) is 27.4 Å². The van der Waals surface area contributed by atoms with Crippen molar-refractivity contribution in [3.63, 3.8) is 0 Å². The Kier molecular flexibility index (Phi) is 12.3. The van der Waals surface area contributed by atoms with E-state index in [4.69, 9.17) is 0 Å². The van der Waals surface area contributed by atoms with Crippen LogP contribution in [0.4, 0.5) is 0 Å². The van der Waals surface area contributed by atoms with Gasteiger partial charge in [-0.1, -0.05) is 0 Å². The van der Waals surface area contributed by atoms with Crippen LogP contribution in [0.1, 0.15) is 173 Å². The van der Waals surface area contributed by atoms with Crippen LogP contribution in [0.2, 0.25) is 8.45 Å². The van der Waals surface area contributed by atoms with Gasteiger partial charge in [0.15, 0.2) is 0 Å². The van der Waals surface area contributed by atoms with Gasteiger partial charge in [0.25, 0.3) is 0 Å². The first-order valence-corrected chi connectivity index (χ1v) is 27.1. The zero-order valence-corrected chi connectivity index (χ0v) is 39.9. The van der Waals surface area contributed by atoms with Crippen LogP contribution < -0.4 is 24.8 Å². The molecular formula is C56H68Cl2Ti. The minimum atomic E-state index is -2.83. The van der Waals surface area contributed by atoms with Crippen molar-refractivity contribution in [1.29, 1.82) is 0 Å². The summed E-state index contributed by atoms with van der Waals surface area (Å²) in [5, 5.41) is 0. The number of allylic oxidation sites excluding steroid dienone is 2. The molecule has 1 heterocycles. The number of halogens is 2. The summed E-state index contributed by atoms with van der Waals surface area (Å²) in [6, 6.07) is 34.6. The molecule has 310 valence electrons. The molecule has 0 radical (unpaired) electrons. The molecule has 3 saturated carbocycles. The molecule has 4 fully saturated rings. The van der Waals surface area contributed by atoms with Crippen LogP contribution in [0.3, 0.4) is 0 Å². The largest absolute Gasteiger partial charge is 1.00 e. The van der Waals surface area contributed by atoms with E-state index in [1.807, 2.05) is 11.1 Å². The van der Waals surface area contributed by atoms with Gasteiger partial charge in [0.1, 0.15) is 0 Å². The second-order valence-corrected chi connectivity index (χ2v) is 28.8. The maximum atomic E-state index is 2.85. The van der Waals surface area contributed by atoms with E-state index in [1.165, 1.54) is 123 Å². The Morgan fingerprint density at radius 3 is 1.14 bits per heavy atom. The Labute approximate surface area is 373 Å². The third kappa shape index (κ3) is 7.45. The van der Waals surface area contributed by atoms with Gasteiger partial charge in [0, 0.05) is 0 Å². The topological polar surface area (TPSA) is 0 Å². The van der Waals surface area contributed by atoms with E-state index < -0.39 is 16.6 Å². The van der Waals surface area contributed by atoms with Crippen molar-refractivity contribution in [2.24, 2.45) is 11.8 Å². The van der Waals surface area contributed by atoms with Gasteiger partial charge in [-0.05, 0) is 0 Å². The summed E-state index contributed by atoms with van der Waals surface area (Å²) in [5.74, 6) is 1.51. The van der Waals surface area contributed by atoms with Gasteiger partial charge in [0.05, 0.1) is 0 Å². The van der Waals surface area contributed by atoms with Crippen molar-refractivity contribution in [3.05, 3.63) is 129 Å². The van der Waals surface area contributed by atoms with E-state index in [2.05, 4.69) is 139 Å². The van der Waals surface area contributed by atoms with Gasteiger partial charge in [0.2, 0.25) is 0 Å². The van der Waals surface area contributed by atoms with Gasteiger partial charge in [-0.2, -0.15) is 0 Å². The number of benzene rings is 4. The van der Waals surface area contributed by atoms with E-state index >= 15 is 0 Å². The summed E-state index contributed by atoms with van der Waals surface area (Å²) in [7, 11) is 0. The maximum Gasteiger partial charge on any atom is -1.00 e. The number of fused-ring (bicyclic) bond motifs is 3. The van der Waals surface area contributed by atoms with Crippen molar-refractivity contribution in [2.75, 3.05) is 0 Å². The molecule has 6 aliphatic rings. The zero-order chi connectivity index (χ0) is 39.1. The third-order valence-electron chi connectivity index (χ3n) is 16.4. The Balaban J connectivity index is 0.00000242. The van der Waals surface area contributed by atoms with E-state index in [-0.39, 0.29) is 35.6 Å². The molecule has 59 heavy (non-hydrogen) atoms. The van der Waals surface area contributed by atoms with E-state index in [1.54, 1.807) is 22.3 Å². The second kappa shape index (κ2) is 16.7. The predicted molar refractivity (Wildman–Crippen MR) is 242 cm³/mol. The maximum absolute atomic E-state index is 2.85. The summed E-state index contributed by atoms with van der Waals surface area (Å²) in [4.78, 5) is 0. The first kappa shape index (κ1) is 43.3. The SMILES string of the molecule is CC(C)(C)c1ccc(-c2cccc3c2C=C(C2CCCCC2)[CH]3[Ti+2]2([CH]3C(C4CCCCC4)=Cc4c(-c5ccc(C(C)(C)C)cc5)cccc43)[CH]3CCCC[CH]32)cc1.[Cl-].[Cl-]. The fraction of sp³-hybridized carbons (Fsp3) is 0.500. The van der Waals surface area contributed by atoms with Crippen molar-refractivity contribution in [2.45, 2.75) is 159 Å². The van der Waals surface area contributed by atoms with Crippen molar-refractivity contribution in [1.82, 2.24) is 0 Å². The van der Waals surface area contributed by atoms with E-state index in [0.717, 1.165) is 20.3 Å². The summed E-state index contributed by atoms with van der Waals surface area (Å²) in [6.45, 7) is 14.1. The smallest absolute Gasteiger partial charge is 1.00 e. The first-order chi connectivity index (χ1) is 27.5. The molecule has 0 spiro atoms. The molecular weight excluding hydrogens is 791 g/mol. The Bertz CT molecular complexity index is 2040. The molecule has 0 bridgehead atoms. The summed E-state index contributed by atoms with van der Waals surface area (Å²) in [6.07, 6.45) is 25.7. The van der Waals surface area contributed by atoms with Crippen LogP contribution in [0, 0.1) is 11.8 Å². The van der Waals surface area contributed by atoms with Crippen molar-refractivity contribution in [3.8, 4) is 22.3 Å². The fourth-order valence-corrected chi connectivity index (χ4v) is 27.8. The zero-order valence-electron chi connectivity index (χ0n) is 36.9. The quantitative estimate of drug-likeness (QED) is 0.170. The standard InChI is InChI=1S/2C25H29.C6H10.2ClH.Ti/c2*1-25(2,3)22-14-12-19(13-15-22)23-11-7-10-20-16-21(17-24(20)23)18-8-5-4-6-9-18;1-2-4-6-5-3-1;;;/h2*7,10-18H,4-6,8-9H2,1-3H3;1-2H,3-6H2;2*1H;/q;;;;;+2/p-2. The molecule has 0 N–H and O–H groups in total. The molecule has 1 aliphatic heterocycles. The van der Waals surface area contributed by atoms with E-state index in [9.17, 15) is 0 Å². The molecule has 4 unspecified atom stereocenters. The van der Waals surface area contributed by atoms with Crippen LogP contribution in [0.5, 0.6) is 0 Å². The predicted octanol–water partition coefficient (Wildman–Crippen LogP) is 10.7. The van der Waals surface area contributed by atoms with Crippen LogP contribution >= 0.6 is 0 Å². The molecule has 0 amide bonds. The van der Waals surface area contributed by atoms with Crippen molar-refractivity contribution < 1.29 is 41.4 Å². The average Bonchev–Trinajstić information content (AvgIpc) is 3.48. The molecule has 4 aromatic rings. The molecule has 0 nitrogen and oxygen atoms in total. The molecule has 4 atom stereocenters. The average molecular weight is 860 g/mol. The van der Waals surface area contributed by atoms with Gasteiger partial charge < -0.3 is 24.8 Å². The summed E-state index contributed by atoms with van der Waals surface area (Å²) < 4.78 is 3.38. The van der Waals surface area contributed by atoms with Crippen LogP contribution in [0.15, 0.2) is 96.1 Å². The van der Waals surface area contributed by atoms with Crippen molar-refractivity contribution >= 4 is 12.2 Å². The summed E-state index contributed by atoms with van der Waals surface area (Å²) in [5.41, 5.74) is 19.5. The van der Waals surface area contributed by atoms with Gasteiger partial charge in [-0.15, -0.1) is 0 Å². The van der Waals surface area contributed by atoms with E-state index in [0.29, 0.717) is 8.45 Å². The molecule has 4 aromatic carbocycles. The van der Waals surface area contributed by atoms with Gasteiger partial charge in [-0.3, -0.25) is 0 Å². The molecule has 1 saturated heterocycles. The third-order valence-corrected chi connectivity index (χ3v) is 27.1. The monoisotopic (exact) mass is 858 g/mol. The van der Waals surface area contributed by atoms with Crippen LogP contribution in [0.25, 0.3) is 34.4 Å². The molecule has 0 aromatic heterocycles. The molecule has 3 heteroatoms. The Hall–Kier alpha value is -2.35. The fourth-order valence-electron chi connectivity index (χ4n) is 13.6. The molecule has 5 aliphatic carbocycles. The Morgan fingerprint density at radius 2 is 0.780 bits per heavy atom.